The molecule has 13 rings (SSSR count). The molecule has 0 spiro atoms. The van der Waals surface area contributed by atoms with Gasteiger partial charge in [0.2, 0.25) is 0 Å². The lowest BCUT2D eigenvalue weighted by atomic mass is 9.67. The van der Waals surface area contributed by atoms with Gasteiger partial charge in [-0.15, -0.1) is 0 Å². The molecule has 0 saturated carbocycles. The van der Waals surface area contributed by atoms with Crippen LogP contribution in [0.3, 0.4) is 0 Å². The summed E-state index contributed by atoms with van der Waals surface area (Å²) in [5.74, 6) is 0. The van der Waals surface area contributed by atoms with Crippen LogP contribution in [-0.4, -0.2) is 4.98 Å². The van der Waals surface area contributed by atoms with E-state index in [2.05, 4.69) is 256 Å². The maximum Gasteiger partial charge on any atom is 0.0937 e. The molecule has 340 valence electrons. The average molecular weight is 919 g/mol. The van der Waals surface area contributed by atoms with Crippen molar-refractivity contribution in [1.82, 2.24) is 4.98 Å². The van der Waals surface area contributed by atoms with Crippen molar-refractivity contribution in [2.24, 2.45) is 0 Å². The van der Waals surface area contributed by atoms with Gasteiger partial charge in [0, 0.05) is 17.1 Å². The maximum absolute atomic E-state index is 6.82. The van der Waals surface area contributed by atoms with Gasteiger partial charge in [-0.1, -0.05) is 213 Å². The third-order valence-corrected chi connectivity index (χ3v) is 15.5. The number of pyridine rings is 1. The molecule has 11 aromatic carbocycles. The van der Waals surface area contributed by atoms with E-state index >= 15 is 0 Å². The van der Waals surface area contributed by atoms with E-state index in [-0.39, 0.29) is 0 Å². The highest BCUT2D eigenvalue weighted by atomic mass is 14.7. The molecule has 1 heterocycles. The highest BCUT2D eigenvalue weighted by Crippen LogP contribution is 2.56. The molecule has 2 N–H and O–H groups in total. The van der Waals surface area contributed by atoms with Crippen molar-refractivity contribution in [2.45, 2.75) is 19.3 Å². The molecule has 0 fully saturated rings. The number of hydrogen-bond acceptors (Lipinski definition) is 2. The summed E-state index contributed by atoms with van der Waals surface area (Å²) in [6.45, 7) is 8.94. The third-order valence-electron chi connectivity index (χ3n) is 15.5. The molecule has 1 aliphatic carbocycles. The highest BCUT2D eigenvalue weighted by molar-refractivity contribution is 6.26. The predicted molar refractivity (Wildman–Crippen MR) is 304 cm³/mol. The molecule has 72 heavy (non-hydrogen) atoms. The lowest BCUT2D eigenvalue weighted by Crippen LogP contribution is -2.29. The zero-order valence-corrected chi connectivity index (χ0v) is 40.3. The molecule has 0 saturated heterocycles. The summed E-state index contributed by atoms with van der Waals surface area (Å²) >= 11 is 0. The summed E-state index contributed by atoms with van der Waals surface area (Å²) < 4.78 is 0. The van der Waals surface area contributed by atoms with Crippen LogP contribution in [0.25, 0.3) is 83.2 Å². The van der Waals surface area contributed by atoms with Gasteiger partial charge in [-0.25, -0.2) is 0 Å². The molecule has 1 aliphatic rings. The molecule has 0 unspecified atom stereocenters. The summed E-state index contributed by atoms with van der Waals surface area (Å²) in [6.07, 6.45) is 3.97. The fourth-order valence-corrected chi connectivity index (χ4v) is 12.1. The van der Waals surface area contributed by atoms with Crippen LogP contribution in [0.15, 0.2) is 243 Å². The van der Waals surface area contributed by atoms with E-state index in [4.69, 9.17) is 5.73 Å². The SMILES string of the molecule is C=c1cccc/c1=c1\cc2c(c\c1=C(\C)c1ccc(-c3ccc4c5ccc(/C(=C/C)c6ccc7cccnc7c6N)cc5c5ccccc5c4c3)cc1)-c1ccccc1C2(c1ccccc1)c1ccccc1. The number of hydrogen-bond donors (Lipinski definition) is 1. The summed E-state index contributed by atoms with van der Waals surface area (Å²) in [6, 6.07) is 84.7. The summed E-state index contributed by atoms with van der Waals surface area (Å²) in [7, 11) is 0. The monoisotopic (exact) mass is 918 g/mol. The van der Waals surface area contributed by atoms with Crippen LogP contribution in [0, 0.1) is 10.4 Å². The van der Waals surface area contributed by atoms with Crippen molar-refractivity contribution in [3.63, 3.8) is 0 Å². The molecule has 0 radical (unpaired) electrons. The molecule has 0 bridgehead atoms. The molecular formula is C70H50N2. The van der Waals surface area contributed by atoms with Crippen LogP contribution in [0.1, 0.15) is 52.8 Å². The molecule has 2 nitrogen and oxygen atoms in total. The first kappa shape index (κ1) is 43.0. The standard InChI is InChI=1S/C70H50N2/c1-4-53(60-38-33-48-19-17-39-72-69(48)68(60)71)50-35-37-58-57-36-34-49(40-62(57)55-25-13-14-26-56(55)63(58)41-50)47-31-29-46(30-32-47)45(3)61-42-65-59-27-15-16-28-66(59)70(51-20-7-5-8-21-51,52-22-9-6-10-23-52)67(65)43-64(61)54-24-12-11-18-44(54)2/h4-43H,2,71H2,1,3H3/b53-4-,61-45+,64-54-. The first-order valence-corrected chi connectivity index (χ1v) is 24.9. The highest BCUT2D eigenvalue weighted by Gasteiger charge is 2.46. The summed E-state index contributed by atoms with van der Waals surface area (Å²) in [5, 5.41) is 12.9. The molecule has 0 atom stereocenters. The number of benzene rings is 11. The van der Waals surface area contributed by atoms with E-state index in [1.165, 1.54) is 98.4 Å². The number of aromatic nitrogens is 1. The van der Waals surface area contributed by atoms with Crippen molar-refractivity contribution in [2.75, 3.05) is 5.73 Å². The molecule has 2 heteroatoms. The van der Waals surface area contributed by atoms with Crippen LogP contribution in [0.2, 0.25) is 0 Å². The largest absolute Gasteiger partial charge is 0.396 e. The van der Waals surface area contributed by atoms with E-state index in [9.17, 15) is 0 Å². The second-order valence-corrected chi connectivity index (χ2v) is 19.2. The Morgan fingerprint density at radius 3 is 1.82 bits per heavy atom. The number of rotatable bonds is 6. The van der Waals surface area contributed by atoms with Gasteiger partial charge in [-0.3, -0.25) is 4.98 Å². The third kappa shape index (κ3) is 6.60. The Labute approximate surface area is 419 Å². The Balaban J connectivity index is 0.949. The van der Waals surface area contributed by atoms with Crippen LogP contribution in [-0.2, 0) is 5.41 Å². The first-order valence-electron chi connectivity index (χ1n) is 24.9. The number of nitrogen functional groups attached to an aromatic ring is 1. The van der Waals surface area contributed by atoms with Crippen molar-refractivity contribution in [3.05, 3.63) is 303 Å². The molecule has 12 aromatic rings. The van der Waals surface area contributed by atoms with Crippen molar-refractivity contribution in [3.8, 4) is 22.3 Å². The van der Waals surface area contributed by atoms with Crippen molar-refractivity contribution < 1.29 is 0 Å². The summed E-state index contributed by atoms with van der Waals surface area (Å²) in [4.78, 5) is 4.63. The van der Waals surface area contributed by atoms with E-state index in [1.807, 2.05) is 12.3 Å². The van der Waals surface area contributed by atoms with Crippen molar-refractivity contribution in [1.29, 1.82) is 0 Å². The van der Waals surface area contributed by atoms with Gasteiger partial charge in [0.05, 0.1) is 16.6 Å². The molecule has 0 amide bonds. The van der Waals surface area contributed by atoms with Gasteiger partial charge in [-0.05, 0) is 164 Å². The van der Waals surface area contributed by atoms with E-state index in [0.29, 0.717) is 5.69 Å². The Morgan fingerprint density at radius 2 is 1.10 bits per heavy atom. The quantitative estimate of drug-likeness (QED) is 0.133. The lowest BCUT2D eigenvalue weighted by molar-refractivity contribution is 0.767. The number of nitrogens with two attached hydrogens (primary N) is 1. The lowest BCUT2D eigenvalue weighted by Gasteiger charge is -2.34. The number of anilines is 1. The van der Waals surface area contributed by atoms with Crippen molar-refractivity contribution >= 4 is 66.6 Å². The Bertz CT molecular complexity index is 4360. The predicted octanol–water partition coefficient (Wildman–Crippen LogP) is 15.7. The van der Waals surface area contributed by atoms with Gasteiger partial charge in [0.15, 0.2) is 0 Å². The molecule has 0 aliphatic heterocycles. The molecule has 1 aromatic heterocycles. The first-order chi connectivity index (χ1) is 35.4. The fraction of sp³-hybridized carbons (Fsp3) is 0.0429. The maximum atomic E-state index is 6.82. The average Bonchev–Trinajstić information content (AvgIpc) is 3.74. The Kier molecular flexibility index (Phi) is 10.2. The minimum Gasteiger partial charge on any atom is -0.396 e. The smallest absolute Gasteiger partial charge is 0.0937 e. The Morgan fingerprint density at radius 1 is 0.486 bits per heavy atom. The summed E-state index contributed by atoms with van der Waals surface area (Å²) in [5.41, 5.74) is 23.4. The second-order valence-electron chi connectivity index (χ2n) is 19.2. The Hall–Kier alpha value is -9.11. The van der Waals surface area contributed by atoms with Crippen LogP contribution in [0.5, 0.6) is 0 Å². The van der Waals surface area contributed by atoms with E-state index < -0.39 is 5.41 Å². The normalized spacial score (nSPS) is 13.9. The number of fused-ring (bicyclic) bond motifs is 10. The fourth-order valence-electron chi connectivity index (χ4n) is 12.1. The van der Waals surface area contributed by atoms with Gasteiger partial charge in [0.1, 0.15) is 0 Å². The zero-order chi connectivity index (χ0) is 48.5. The van der Waals surface area contributed by atoms with Gasteiger partial charge in [-0.2, -0.15) is 0 Å². The van der Waals surface area contributed by atoms with E-state index in [0.717, 1.165) is 38.0 Å². The van der Waals surface area contributed by atoms with Crippen LogP contribution >= 0.6 is 0 Å². The second kappa shape index (κ2) is 17.1. The van der Waals surface area contributed by atoms with Gasteiger partial charge < -0.3 is 5.73 Å². The van der Waals surface area contributed by atoms with Crippen LogP contribution < -0.4 is 16.2 Å². The number of nitrogens with zero attached hydrogens (tertiary/aromatic N) is 1. The van der Waals surface area contributed by atoms with E-state index in [1.54, 1.807) is 0 Å². The molecular weight excluding hydrogens is 869 g/mol. The minimum absolute atomic E-state index is 0.505. The zero-order valence-electron chi connectivity index (χ0n) is 40.3. The number of allylic oxidation sites excluding steroid dienone is 1. The minimum atomic E-state index is -0.505. The van der Waals surface area contributed by atoms with Gasteiger partial charge in [0.25, 0.3) is 0 Å². The topological polar surface area (TPSA) is 38.9 Å². The van der Waals surface area contributed by atoms with Gasteiger partial charge >= 0.3 is 0 Å². The van der Waals surface area contributed by atoms with Crippen LogP contribution in [0.4, 0.5) is 5.69 Å².